The molecule has 1 aromatic heterocycles. The Labute approximate surface area is 113 Å². The second kappa shape index (κ2) is 5.55. The van der Waals surface area contributed by atoms with Crippen molar-refractivity contribution in [3.05, 3.63) is 24.0 Å². The lowest BCUT2D eigenvalue weighted by atomic mass is 10.1. The number of pyridine rings is 1. The van der Waals surface area contributed by atoms with E-state index in [9.17, 15) is 8.42 Å². The monoisotopic (exact) mass is 280 g/mol. The fraction of sp³-hybridized carbons (Fsp3) is 0.500. The Bertz CT molecular complexity index is 577. The molecule has 1 N–H and O–H groups in total. The van der Waals surface area contributed by atoms with Crippen molar-refractivity contribution in [1.29, 1.82) is 5.26 Å². The molecule has 0 aliphatic carbocycles. The van der Waals surface area contributed by atoms with Gasteiger partial charge in [-0.05, 0) is 25.0 Å². The van der Waals surface area contributed by atoms with Crippen molar-refractivity contribution in [3.63, 3.8) is 0 Å². The van der Waals surface area contributed by atoms with Gasteiger partial charge in [-0.15, -0.1) is 0 Å². The van der Waals surface area contributed by atoms with E-state index in [1.807, 2.05) is 12.1 Å². The highest BCUT2D eigenvalue weighted by atomic mass is 32.2. The Balaban J connectivity index is 2.06. The van der Waals surface area contributed by atoms with E-state index >= 15 is 0 Å². The number of anilines is 1. The summed E-state index contributed by atoms with van der Waals surface area (Å²) >= 11 is 0. The minimum atomic E-state index is -3.18. The summed E-state index contributed by atoms with van der Waals surface area (Å²) in [7, 11) is -3.18. The van der Waals surface area contributed by atoms with Gasteiger partial charge in [-0.25, -0.2) is 18.1 Å². The van der Waals surface area contributed by atoms with Crippen LogP contribution < -0.4 is 9.62 Å². The van der Waals surface area contributed by atoms with Gasteiger partial charge in [0.05, 0.1) is 18.1 Å². The van der Waals surface area contributed by atoms with Crippen molar-refractivity contribution < 1.29 is 8.42 Å². The number of nitrogens with zero attached hydrogens (tertiary/aromatic N) is 3. The van der Waals surface area contributed by atoms with Gasteiger partial charge in [-0.3, -0.25) is 0 Å². The molecule has 102 valence electrons. The maximum atomic E-state index is 11.2. The van der Waals surface area contributed by atoms with Gasteiger partial charge >= 0.3 is 0 Å². The van der Waals surface area contributed by atoms with Crippen LogP contribution in [-0.4, -0.2) is 38.8 Å². The summed E-state index contributed by atoms with van der Waals surface area (Å²) in [5.74, 6) is 0. The topological polar surface area (TPSA) is 86.1 Å². The number of rotatable bonds is 3. The Morgan fingerprint density at radius 1 is 1.53 bits per heavy atom. The lowest BCUT2D eigenvalue weighted by Gasteiger charge is -2.34. The molecule has 2 heterocycles. The molecule has 19 heavy (non-hydrogen) atoms. The fourth-order valence-electron chi connectivity index (χ4n) is 2.25. The SMILES string of the molecule is CS(=O)(=O)N[C@H]1CCCN(c2ccc(C#N)nc2)C1. The van der Waals surface area contributed by atoms with E-state index < -0.39 is 10.0 Å². The van der Waals surface area contributed by atoms with E-state index in [0.717, 1.165) is 25.1 Å². The maximum Gasteiger partial charge on any atom is 0.209 e. The molecule has 0 amide bonds. The number of piperidine rings is 1. The first-order chi connectivity index (χ1) is 8.98. The van der Waals surface area contributed by atoms with Crippen molar-refractivity contribution in [2.75, 3.05) is 24.2 Å². The smallest absolute Gasteiger partial charge is 0.209 e. The summed E-state index contributed by atoms with van der Waals surface area (Å²) in [6.07, 6.45) is 4.59. The zero-order valence-electron chi connectivity index (χ0n) is 10.7. The van der Waals surface area contributed by atoms with Crippen molar-refractivity contribution >= 4 is 15.7 Å². The maximum absolute atomic E-state index is 11.2. The molecule has 2 rings (SSSR count). The van der Waals surface area contributed by atoms with E-state index in [1.54, 1.807) is 12.3 Å². The Morgan fingerprint density at radius 2 is 2.32 bits per heavy atom. The van der Waals surface area contributed by atoms with Gasteiger partial charge < -0.3 is 4.90 Å². The van der Waals surface area contributed by atoms with Crippen LogP contribution in [0.5, 0.6) is 0 Å². The third-order valence-electron chi connectivity index (χ3n) is 3.03. The fourth-order valence-corrected chi connectivity index (χ4v) is 3.05. The minimum absolute atomic E-state index is 0.0700. The predicted molar refractivity (Wildman–Crippen MR) is 72.2 cm³/mol. The molecular formula is C12H16N4O2S. The first-order valence-electron chi connectivity index (χ1n) is 6.06. The van der Waals surface area contributed by atoms with Crippen LogP contribution in [0.4, 0.5) is 5.69 Å². The lowest BCUT2D eigenvalue weighted by Crippen LogP contribution is -2.47. The minimum Gasteiger partial charge on any atom is -0.369 e. The van der Waals surface area contributed by atoms with Gasteiger partial charge in [0.2, 0.25) is 10.0 Å². The zero-order chi connectivity index (χ0) is 13.9. The molecule has 1 aromatic rings. The molecule has 1 atom stereocenters. The van der Waals surface area contributed by atoms with Gasteiger partial charge in [0, 0.05) is 19.1 Å². The van der Waals surface area contributed by atoms with Crippen LogP contribution in [0.15, 0.2) is 18.3 Å². The van der Waals surface area contributed by atoms with E-state index in [-0.39, 0.29) is 6.04 Å². The average Bonchev–Trinajstić information content (AvgIpc) is 2.37. The van der Waals surface area contributed by atoms with Crippen molar-refractivity contribution in [3.8, 4) is 6.07 Å². The summed E-state index contributed by atoms with van der Waals surface area (Å²) in [4.78, 5) is 6.11. The summed E-state index contributed by atoms with van der Waals surface area (Å²) < 4.78 is 25.1. The van der Waals surface area contributed by atoms with Crippen molar-refractivity contribution in [2.45, 2.75) is 18.9 Å². The Hall–Kier alpha value is -1.65. The summed E-state index contributed by atoms with van der Waals surface area (Å²) in [5, 5.41) is 8.71. The Morgan fingerprint density at radius 3 is 2.89 bits per heavy atom. The highest BCUT2D eigenvalue weighted by Gasteiger charge is 2.22. The number of aromatic nitrogens is 1. The van der Waals surface area contributed by atoms with E-state index in [1.165, 1.54) is 6.26 Å². The number of nitriles is 1. The molecule has 1 saturated heterocycles. The van der Waals surface area contributed by atoms with Crippen LogP contribution in [0.3, 0.4) is 0 Å². The van der Waals surface area contributed by atoms with Gasteiger partial charge in [0.1, 0.15) is 11.8 Å². The van der Waals surface area contributed by atoms with Gasteiger partial charge in [-0.2, -0.15) is 5.26 Å². The first-order valence-corrected chi connectivity index (χ1v) is 7.95. The van der Waals surface area contributed by atoms with Crippen LogP contribution in [0.25, 0.3) is 0 Å². The molecule has 1 fully saturated rings. The van der Waals surface area contributed by atoms with Crippen LogP contribution >= 0.6 is 0 Å². The first kappa shape index (κ1) is 13.8. The zero-order valence-corrected chi connectivity index (χ0v) is 11.5. The summed E-state index contributed by atoms with van der Waals surface area (Å²) in [6.45, 7) is 1.50. The van der Waals surface area contributed by atoms with E-state index in [0.29, 0.717) is 12.2 Å². The number of hydrogen-bond donors (Lipinski definition) is 1. The highest BCUT2D eigenvalue weighted by molar-refractivity contribution is 7.88. The van der Waals surface area contributed by atoms with Crippen LogP contribution in [-0.2, 0) is 10.0 Å². The summed E-state index contributed by atoms with van der Waals surface area (Å²) in [5.41, 5.74) is 1.30. The summed E-state index contributed by atoms with van der Waals surface area (Å²) in [6, 6.07) is 5.42. The standard InChI is InChI=1S/C12H16N4O2S/c1-19(17,18)15-11-3-2-6-16(9-11)12-5-4-10(7-13)14-8-12/h4-5,8,11,15H,2-3,6,9H2,1H3/t11-/m0/s1. The molecule has 0 radical (unpaired) electrons. The molecule has 1 aliphatic rings. The number of nitrogens with one attached hydrogen (secondary N) is 1. The molecule has 6 nitrogen and oxygen atoms in total. The van der Waals surface area contributed by atoms with E-state index in [2.05, 4.69) is 14.6 Å². The normalized spacial score (nSPS) is 20.0. The molecular weight excluding hydrogens is 264 g/mol. The molecule has 0 bridgehead atoms. The third kappa shape index (κ3) is 3.91. The largest absolute Gasteiger partial charge is 0.369 e. The van der Waals surface area contributed by atoms with Gasteiger partial charge in [0.15, 0.2) is 0 Å². The molecule has 1 aliphatic heterocycles. The lowest BCUT2D eigenvalue weighted by molar-refractivity contribution is 0.467. The van der Waals surface area contributed by atoms with Crippen LogP contribution in [0.2, 0.25) is 0 Å². The molecule has 0 spiro atoms. The second-order valence-electron chi connectivity index (χ2n) is 4.69. The predicted octanol–water partition coefficient (Wildman–Crippen LogP) is 0.471. The molecule has 0 aromatic carbocycles. The molecule has 7 heteroatoms. The quantitative estimate of drug-likeness (QED) is 0.870. The van der Waals surface area contributed by atoms with Crippen molar-refractivity contribution in [2.24, 2.45) is 0 Å². The second-order valence-corrected chi connectivity index (χ2v) is 6.47. The Kier molecular flexibility index (Phi) is 4.02. The van der Waals surface area contributed by atoms with Gasteiger partial charge in [-0.1, -0.05) is 0 Å². The van der Waals surface area contributed by atoms with E-state index in [4.69, 9.17) is 5.26 Å². The number of sulfonamides is 1. The van der Waals surface area contributed by atoms with Gasteiger partial charge in [0.25, 0.3) is 0 Å². The highest BCUT2D eigenvalue weighted by Crippen LogP contribution is 2.19. The van der Waals surface area contributed by atoms with Crippen molar-refractivity contribution in [1.82, 2.24) is 9.71 Å². The molecule has 0 unspecified atom stereocenters. The van der Waals surface area contributed by atoms with Crippen LogP contribution in [0.1, 0.15) is 18.5 Å². The average molecular weight is 280 g/mol. The number of hydrogen-bond acceptors (Lipinski definition) is 5. The van der Waals surface area contributed by atoms with Crippen LogP contribution in [0, 0.1) is 11.3 Å². The third-order valence-corrected chi connectivity index (χ3v) is 3.79. The molecule has 0 saturated carbocycles.